The zero-order valence-electron chi connectivity index (χ0n) is 14.7. The molecule has 6 nitrogen and oxygen atoms in total. The molecule has 2 heterocycles. The molecule has 1 aliphatic heterocycles. The van der Waals surface area contributed by atoms with Gasteiger partial charge in [0, 0.05) is 37.8 Å². The first-order valence-corrected chi connectivity index (χ1v) is 8.41. The minimum Gasteiger partial charge on any atom is -0.380 e. The Hall–Kier alpha value is -2.37. The molecule has 6 heteroatoms. The van der Waals surface area contributed by atoms with E-state index in [9.17, 15) is 9.59 Å². The molecular formula is C18H24N4O2. The van der Waals surface area contributed by atoms with Crippen LogP contribution in [0.15, 0.2) is 23.3 Å². The standard InChI is InChI=1S/C18H24N4O2/c1-11(2)22-10-19-16-6-5-15(12(3)17(16)18(22)24)20-14-7-8-21(9-14)13(4)23/h5-6,10-11,14,20H,7-9H2,1-4H3. The van der Waals surface area contributed by atoms with E-state index in [0.29, 0.717) is 11.9 Å². The summed E-state index contributed by atoms with van der Waals surface area (Å²) in [7, 11) is 0. The first-order chi connectivity index (χ1) is 11.4. The summed E-state index contributed by atoms with van der Waals surface area (Å²) in [5.74, 6) is 0.110. The fraction of sp³-hybridized carbons (Fsp3) is 0.500. The van der Waals surface area contributed by atoms with Gasteiger partial charge in [-0.1, -0.05) is 0 Å². The van der Waals surface area contributed by atoms with Gasteiger partial charge in [0.05, 0.1) is 17.2 Å². The van der Waals surface area contributed by atoms with Crippen LogP contribution in [0.4, 0.5) is 5.69 Å². The zero-order chi connectivity index (χ0) is 17.4. The maximum absolute atomic E-state index is 12.8. The summed E-state index contributed by atoms with van der Waals surface area (Å²) in [6.45, 7) is 8.99. The van der Waals surface area contributed by atoms with Crippen LogP contribution in [0.2, 0.25) is 0 Å². The first-order valence-electron chi connectivity index (χ1n) is 8.41. The van der Waals surface area contributed by atoms with E-state index in [-0.39, 0.29) is 23.6 Å². The number of rotatable bonds is 3. The average Bonchev–Trinajstić information content (AvgIpc) is 2.98. The molecule has 2 aromatic rings. The molecule has 1 aromatic carbocycles. The van der Waals surface area contributed by atoms with Crippen LogP contribution in [-0.2, 0) is 4.79 Å². The maximum Gasteiger partial charge on any atom is 0.261 e. The number of aryl methyl sites for hydroxylation is 1. The topological polar surface area (TPSA) is 67.2 Å². The number of nitrogens with zero attached hydrogens (tertiary/aromatic N) is 3. The predicted molar refractivity (Wildman–Crippen MR) is 95.4 cm³/mol. The Kier molecular flexibility index (Phi) is 4.30. The molecule has 128 valence electrons. The zero-order valence-corrected chi connectivity index (χ0v) is 14.7. The largest absolute Gasteiger partial charge is 0.380 e. The number of carbonyl (C=O) groups excluding carboxylic acids is 1. The van der Waals surface area contributed by atoms with Crippen LogP contribution in [0.3, 0.4) is 0 Å². The van der Waals surface area contributed by atoms with Crippen molar-refractivity contribution in [3.8, 4) is 0 Å². The quantitative estimate of drug-likeness (QED) is 0.939. The molecule has 1 fully saturated rings. The predicted octanol–water partition coefficient (Wildman–Crippen LogP) is 2.32. The van der Waals surface area contributed by atoms with Gasteiger partial charge in [-0.05, 0) is 44.9 Å². The minimum atomic E-state index is -0.00654. The van der Waals surface area contributed by atoms with Gasteiger partial charge in [0.1, 0.15) is 0 Å². The van der Waals surface area contributed by atoms with Crippen LogP contribution in [0.5, 0.6) is 0 Å². The summed E-state index contributed by atoms with van der Waals surface area (Å²) in [6.07, 6.45) is 2.53. The molecule has 1 aliphatic rings. The summed E-state index contributed by atoms with van der Waals surface area (Å²) >= 11 is 0. The molecule has 0 aliphatic carbocycles. The summed E-state index contributed by atoms with van der Waals surface area (Å²) in [5, 5.41) is 4.16. The summed E-state index contributed by atoms with van der Waals surface area (Å²) in [6, 6.07) is 4.15. The SMILES string of the molecule is CC(=O)N1CCC(Nc2ccc3ncn(C(C)C)c(=O)c3c2C)C1. The van der Waals surface area contributed by atoms with E-state index in [1.54, 1.807) is 17.8 Å². The van der Waals surface area contributed by atoms with Crippen LogP contribution in [0.1, 0.15) is 38.8 Å². The second-order valence-corrected chi connectivity index (χ2v) is 6.78. The van der Waals surface area contributed by atoms with Crippen LogP contribution >= 0.6 is 0 Å². The second kappa shape index (κ2) is 6.26. The number of carbonyl (C=O) groups is 1. The molecule has 0 bridgehead atoms. The number of hydrogen-bond donors (Lipinski definition) is 1. The Morgan fingerprint density at radius 1 is 1.38 bits per heavy atom. The number of fused-ring (bicyclic) bond motifs is 1. The van der Waals surface area contributed by atoms with Gasteiger partial charge in [0.2, 0.25) is 5.91 Å². The van der Waals surface area contributed by atoms with Gasteiger partial charge in [0.25, 0.3) is 5.56 Å². The second-order valence-electron chi connectivity index (χ2n) is 6.78. The highest BCUT2D eigenvalue weighted by Gasteiger charge is 2.24. The van der Waals surface area contributed by atoms with Gasteiger partial charge in [0.15, 0.2) is 0 Å². The van der Waals surface area contributed by atoms with E-state index in [1.165, 1.54) is 0 Å². The fourth-order valence-corrected chi connectivity index (χ4v) is 3.29. The van der Waals surface area contributed by atoms with Gasteiger partial charge in [-0.2, -0.15) is 0 Å². The lowest BCUT2D eigenvalue weighted by molar-refractivity contribution is -0.127. The van der Waals surface area contributed by atoms with Crippen molar-refractivity contribution in [1.82, 2.24) is 14.5 Å². The number of amides is 1. The highest BCUT2D eigenvalue weighted by molar-refractivity contribution is 5.86. The molecule has 1 unspecified atom stereocenters. The molecule has 3 rings (SSSR count). The lowest BCUT2D eigenvalue weighted by atomic mass is 10.1. The van der Waals surface area contributed by atoms with Gasteiger partial charge in [-0.15, -0.1) is 0 Å². The highest BCUT2D eigenvalue weighted by Crippen LogP contribution is 2.24. The molecule has 0 radical (unpaired) electrons. The third-order valence-corrected chi connectivity index (χ3v) is 4.76. The summed E-state index contributed by atoms with van der Waals surface area (Å²) in [5.41, 5.74) is 2.57. The van der Waals surface area contributed by atoms with E-state index in [4.69, 9.17) is 0 Å². The van der Waals surface area contributed by atoms with Crippen molar-refractivity contribution < 1.29 is 4.79 Å². The Morgan fingerprint density at radius 3 is 2.75 bits per heavy atom. The van der Waals surface area contributed by atoms with Crippen LogP contribution in [-0.4, -0.2) is 39.5 Å². The Bertz CT molecular complexity index is 841. The lowest BCUT2D eigenvalue weighted by Gasteiger charge is -2.18. The number of benzene rings is 1. The molecule has 24 heavy (non-hydrogen) atoms. The third kappa shape index (κ3) is 2.88. The van der Waals surface area contributed by atoms with Gasteiger partial charge in [-0.3, -0.25) is 14.2 Å². The molecule has 0 saturated carbocycles. The third-order valence-electron chi connectivity index (χ3n) is 4.76. The molecule has 1 amide bonds. The number of likely N-dealkylation sites (tertiary alicyclic amines) is 1. The van der Waals surface area contributed by atoms with E-state index in [1.807, 2.05) is 37.8 Å². The van der Waals surface area contributed by atoms with Gasteiger partial charge in [-0.25, -0.2) is 4.98 Å². The smallest absolute Gasteiger partial charge is 0.261 e. The van der Waals surface area contributed by atoms with Crippen molar-refractivity contribution in [3.63, 3.8) is 0 Å². The van der Waals surface area contributed by atoms with Crippen LogP contribution < -0.4 is 10.9 Å². The Labute approximate surface area is 141 Å². The van der Waals surface area contributed by atoms with E-state index in [0.717, 1.165) is 29.7 Å². The molecule has 1 saturated heterocycles. The van der Waals surface area contributed by atoms with E-state index >= 15 is 0 Å². The van der Waals surface area contributed by atoms with Crippen molar-refractivity contribution in [1.29, 1.82) is 0 Å². The van der Waals surface area contributed by atoms with Gasteiger partial charge < -0.3 is 10.2 Å². The summed E-state index contributed by atoms with van der Waals surface area (Å²) < 4.78 is 1.66. The molecule has 1 aromatic heterocycles. The highest BCUT2D eigenvalue weighted by atomic mass is 16.2. The normalized spacial score (nSPS) is 17.7. The van der Waals surface area contributed by atoms with Crippen molar-refractivity contribution in [2.24, 2.45) is 0 Å². The molecule has 1 N–H and O–H groups in total. The van der Waals surface area contributed by atoms with E-state index in [2.05, 4.69) is 10.3 Å². The monoisotopic (exact) mass is 328 g/mol. The van der Waals surface area contributed by atoms with Crippen molar-refractivity contribution in [3.05, 3.63) is 34.4 Å². The maximum atomic E-state index is 12.8. The van der Waals surface area contributed by atoms with Crippen molar-refractivity contribution in [2.45, 2.75) is 46.2 Å². The van der Waals surface area contributed by atoms with Crippen molar-refractivity contribution in [2.75, 3.05) is 18.4 Å². The number of hydrogen-bond acceptors (Lipinski definition) is 4. The van der Waals surface area contributed by atoms with Crippen LogP contribution in [0.25, 0.3) is 10.9 Å². The van der Waals surface area contributed by atoms with Gasteiger partial charge >= 0.3 is 0 Å². The molecular weight excluding hydrogens is 304 g/mol. The average molecular weight is 328 g/mol. The fourth-order valence-electron chi connectivity index (χ4n) is 3.29. The number of aromatic nitrogens is 2. The van der Waals surface area contributed by atoms with Crippen LogP contribution in [0, 0.1) is 6.92 Å². The number of anilines is 1. The van der Waals surface area contributed by atoms with Crippen molar-refractivity contribution >= 4 is 22.5 Å². The summed E-state index contributed by atoms with van der Waals surface area (Å²) in [4.78, 5) is 30.5. The lowest BCUT2D eigenvalue weighted by Crippen LogP contribution is -2.30. The molecule has 0 spiro atoms. The molecule has 1 atom stereocenters. The Morgan fingerprint density at radius 2 is 2.12 bits per heavy atom. The first kappa shape index (κ1) is 16.5. The Balaban J connectivity index is 1.95. The minimum absolute atomic E-state index is 0.00654. The number of nitrogens with one attached hydrogen (secondary N) is 1. The van der Waals surface area contributed by atoms with E-state index < -0.39 is 0 Å².